The third-order valence-electron chi connectivity index (χ3n) is 4.12. The number of hydrogen-bond donors (Lipinski definition) is 0. The quantitative estimate of drug-likeness (QED) is 0.773. The molecule has 0 spiro atoms. The first-order valence-corrected chi connectivity index (χ1v) is 8.57. The molecule has 0 atom stereocenters. The number of halogens is 1. The van der Waals surface area contributed by atoms with E-state index >= 15 is 0 Å². The molecule has 1 aromatic heterocycles. The van der Waals surface area contributed by atoms with Gasteiger partial charge in [-0.2, -0.15) is 0 Å². The Hall–Kier alpha value is -2.05. The van der Waals surface area contributed by atoms with Crippen LogP contribution in [0.15, 0.2) is 41.8 Å². The van der Waals surface area contributed by atoms with E-state index in [0.29, 0.717) is 35.5 Å². The zero-order chi connectivity index (χ0) is 17.3. The van der Waals surface area contributed by atoms with Crippen molar-refractivity contribution in [1.29, 1.82) is 0 Å². The second kappa shape index (κ2) is 6.83. The number of carbonyl (C=O) groups excluding carboxylic acids is 1. The molecule has 0 bridgehead atoms. The van der Waals surface area contributed by atoms with Crippen molar-refractivity contribution in [2.24, 2.45) is 0 Å². The van der Waals surface area contributed by atoms with E-state index in [-0.39, 0.29) is 11.6 Å². The number of thiazole rings is 1. The number of rotatable bonds is 5. The minimum absolute atomic E-state index is 0.0895. The van der Waals surface area contributed by atoms with Crippen molar-refractivity contribution in [3.63, 3.8) is 0 Å². The molecule has 0 fully saturated rings. The van der Waals surface area contributed by atoms with Crippen LogP contribution in [-0.2, 0) is 4.74 Å². The van der Waals surface area contributed by atoms with Crippen LogP contribution in [0.1, 0.15) is 23.6 Å². The lowest BCUT2D eigenvalue weighted by Crippen LogP contribution is -2.29. The molecule has 1 aromatic carbocycles. The topological polar surface area (TPSA) is 42.4 Å². The highest BCUT2D eigenvalue weighted by atomic mass is 32.1. The number of ether oxygens (including phenoxy) is 1. The molecule has 1 aliphatic heterocycles. The van der Waals surface area contributed by atoms with Crippen LogP contribution in [0.2, 0.25) is 0 Å². The summed E-state index contributed by atoms with van der Waals surface area (Å²) in [6.07, 6.45) is 1.66. The van der Waals surface area contributed by atoms with Gasteiger partial charge < -0.3 is 4.74 Å². The zero-order valence-corrected chi connectivity index (χ0v) is 14.7. The highest BCUT2D eigenvalue weighted by molar-refractivity contribution is 7.17. The molecule has 0 N–H and O–H groups in total. The minimum atomic E-state index is -0.283. The molecule has 126 valence electrons. The maximum absolute atomic E-state index is 13.0. The number of Topliss-reactive ketones (excluding diaryl/α,β-unsaturated/α-hetero) is 1. The fraction of sp³-hybridized carbons (Fsp3) is 0.333. The first kappa shape index (κ1) is 16.8. The number of carbonyl (C=O) groups is 1. The summed E-state index contributed by atoms with van der Waals surface area (Å²) in [5.41, 5.74) is 1.52. The molecule has 2 aromatic rings. The molecular formula is C18H19FN2O2S. The summed E-state index contributed by atoms with van der Waals surface area (Å²) in [4.78, 5) is 20.1. The van der Waals surface area contributed by atoms with E-state index in [4.69, 9.17) is 4.74 Å². The predicted octanol–water partition coefficient (Wildman–Crippen LogP) is 3.76. The highest BCUT2D eigenvalue weighted by Gasteiger charge is 2.30. The highest BCUT2D eigenvalue weighted by Crippen LogP contribution is 2.30. The second-order valence-electron chi connectivity index (χ2n) is 5.97. The Kier molecular flexibility index (Phi) is 4.78. The smallest absolute Gasteiger partial charge is 0.222 e. The van der Waals surface area contributed by atoms with Gasteiger partial charge in [0, 0.05) is 18.8 Å². The van der Waals surface area contributed by atoms with E-state index in [9.17, 15) is 9.18 Å². The molecule has 0 aliphatic carbocycles. The molecule has 24 heavy (non-hydrogen) atoms. The Morgan fingerprint density at radius 1 is 1.29 bits per heavy atom. The Morgan fingerprint density at radius 2 is 2.00 bits per heavy atom. The molecule has 3 rings (SSSR count). The predicted molar refractivity (Wildman–Crippen MR) is 92.6 cm³/mol. The Bertz CT molecular complexity index is 781. The van der Waals surface area contributed by atoms with Gasteiger partial charge in [-0.1, -0.05) is 12.1 Å². The fourth-order valence-corrected chi connectivity index (χ4v) is 3.52. The van der Waals surface area contributed by atoms with Gasteiger partial charge in [0.2, 0.25) is 5.78 Å². The first-order valence-electron chi connectivity index (χ1n) is 7.76. The van der Waals surface area contributed by atoms with Crippen molar-refractivity contribution in [3.8, 4) is 10.4 Å². The summed E-state index contributed by atoms with van der Waals surface area (Å²) in [7, 11) is 1.60. The van der Waals surface area contributed by atoms with E-state index in [0.717, 1.165) is 10.4 Å². The van der Waals surface area contributed by atoms with E-state index < -0.39 is 0 Å². The van der Waals surface area contributed by atoms with Crippen molar-refractivity contribution in [1.82, 2.24) is 9.88 Å². The maximum Gasteiger partial charge on any atom is 0.222 e. The monoisotopic (exact) mass is 346 g/mol. The lowest BCUT2D eigenvalue weighted by Gasteiger charge is -2.19. The molecule has 0 saturated carbocycles. The van der Waals surface area contributed by atoms with Crippen LogP contribution < -0.4 is 0 Å². The third kappa shape index (κ3) is 3.25. The van der Waals surface area contributed by atoms with Crippen molar-refractivity contribution in [2.75, 3.05) is 20.2 Å². The fourth-order valence-electron chi connectivity index (χ4n) is 2.63. The van der Waals surface area contributed by atoms with Crippen LogP contribution in [0.5, 0.6) is 0 Å². The van der Waals surface area contributed by atoms with E-state index in [1.807, 2.05) is 0 Å². The van der Waals surface area contributed by atoms with Crippen LogP contribution >= 0.6 is 11.3 Å². The molecule has 2 heterocycles. The zero-order valence-electron chi connectivity index (χ0n) is 13.9. The third-order valence-corrected chi connectivity index (χ3v) is 5.17. The number of methoxy groups -OCH3 is 1. The molecule has 0 unspecified atom stereocenters. The standard InChI is InChI=1S/C18H19FN2O2S/c1-11(2)21-9-14(15(10-21)23-3)17(22)18-20-8-16(24-18)12-4-6-13(19)7-5-12/h4-8,11H,9-10H2,1-3H3. The van der Waals surface area contributed by atoms with Crippen molar-refractivity contribution < 1.29 is 13.9 Å². The molecule has 4 nitrogen and oxygen atoms in total. The van der Waals surface area contributed by atoms with Crippen LogP contribution in [0.25, 0.3) is 10.4 Å². The Morgan fingerprint density at radius 3 is 2.62 bits per heavy atom. The van der Waals surface area contributed by atoms with Crippen molar-refractivity contribution in [3.05, 3.63) is 52.6 Å². The molecule has 6 heteroatoms. The average molecular weight is 346 g/mol. The summed E-state index contributed by atoms with van der Waals surface area (Å²) in [5.74, 6) is 0.342. The van der Waals surface area contributed by atoms with Crippen molar-refractivity contribution in [2.45, 2.75) is 19.9 Å². The lowest BCUT2D eigenvalue weighted by atomic mass is 10.1. The van der Waals surface area contributed by atoms with E-state index in [1.54, 1.807) is 25.4 Å². The van der Waals surface area contributed by atoms with Gasteiger partial charge >= 0.3 is 0 Å². The first-order chi connectivity index (χ1) is 11.5. The van der Waals surface area contributed by atoms with Gasteiger partial charge in [0.25, 0.3) is 0 Å². The lowest BCUT2D eigenvalue weighted by molar-refractivity contribution is 0.102. The molecule has 0 radical (unpaired) electrons. The summed E-state index contributed by atoms with van der Waals surface area (Å²) >= 11 is 1.32. The number of nitrogens with zero attached hydrogens (tertiary/aromatic N) is 2. The number of hydrogen-bond acceptors (Lipinski definition) is 5. The largest absolute Gasteiger partial charge is 0.499 e. The summed E-state index contributed by atoms with van der Waals surface area (Å²) < 4.78 is 18.4. The van der Waals surface area contributed by atoms with Gasteiger partial charge in [-0.3, -0.25) is 9.69 Å². The van der Waals surface area contributed by atoms with Gasteiger partial charge in [-0.05, 0) is 31.5 Å². The number of benzene rings is 1. The number of aromatic nitrogens is 1. The molecular weight excluding hydrogens is 327 g/mol. The molecule has 0 saturated heterocycles. The van der Waals surface area contributed by atoms with Gasteiger partial charge in [0.1, 0.15) is 11.6 Å². The Balaban J connectivity index is 1.84. The molecule has 0 amide bonds. The Labute approximate surface area is 144 Å². The van der Waals surface area contributed by atoms with E-state index in [1.165, 1.54) is 23.5 Å². The molecule has 1 aliphatic rings. The van der Waals surface area contributed by atoms with Crippen LogP contribution in [0.4, 0.5) is 4.39 Å². The summed E-state index contributed by atoms with van der Waals surface area (Å²) in [6.45, 7) is 5.41. The summed E-state index contributed by atoms with van der Waals surface area (Å²) in [5, 5.41) is 0.435. The van der Waals surface area contributed by atoms with Crippen LogP contribution in [0.3, 0.4) is 0 Å². The van der Waals surface area contributed by atoms with Crippen molar-refractivity contribution >= 4 is 17.1 Å². The SMILES string of the molecule is COC1=C(C(=O)c2ncc(-c3ccc(F)cc3)s2)CN(C(C)C)C1. The average Bonchev–Trinajstić information content (AvgIpc) is 3.22. The van der Waals surface area contributed by atoms with Crippen LogP contribution in [0, 0.1) is 5.82 Å². The van der Waals surface area contributed by atoms with Gasteiger partial charge in [-0.15, -0.1) is 11.3 Å². The number of ketones is 1. The van der Waals surface area contributed by atoms with Crippen LogP contribution in [-0.4, -0.2) is 41.9 Å². The minimum Gasteiger partial charge on any atom is -0.499 e. The van der Waals surface area contributed by atoms with Gasteiger partial charge in [0.15, 0.2) is 5.01 Å². The van der Waals surface area contributed by atoms with Gasteiger partial charge in [-0.25, -0.2) is 9.37 Å². The van der Waals surface area contributed by atoms with E-state index in [2.05, 4.69) is 23.7 Å². The normalized spacial score (nSPS) is 15.4. The summed E-state index contributed by atoms with van der Waals surface area (Å²) in [6, 6.07) is 6.52. The van der Waals surface area contributed by atoms with Gasteiger partial charge in [0.05, 0.1) is 24.1 Å². The second-order valence-corrected chi connectivity index (χ2v) is 7.00. The maximum atomic E-state index is 13.0.